The van der Waals surface area contributed by atoms with E-state index in [4.69, 9.17) is 15.2 Å². The van der Waals surface area contributed by atoms with Crippen molar-refractivity contribution in [3.8, 4) is 5.69 Å². The van der Waals surface area contributed by atoms with Gasteiger partial charge in [0.1, 0.15) is 6.10 Å². The summed E-state index contributed by atoms with van der Waals surface area (Å²) in [6.45, 7) is 1.19. The van der Waals surface area contributed by atoms with Gasteiger partial charge in [0.15, 0.2) is 5.69 Å². The van der Waals surface area contributed by atoms with Crippen molar-refractivity contribution in [2.24, 2.45) is 0 Å². The second-order valence-corrected chi connectivity index (χ2v) is 4.95. The van der Waals surface area contributed by atoms with Gasteiger partial charge in [0, 0.05) is 12.8 Å². The molecular formula is C15H17N3O3. The third-order valence-electron chi connectivity index (χ3n) is 3.37. The summed E-state index contributed by atoms with van der Waals surface area (Å²) in [7, 11) is 0. The summed E-state index contributed by atoms with van der Waals surface area (Å²) in [6, 6.07) is 8.96. The van der Waals surface area contributed by atoms with Gasteiger partial charge in [0.2, 0.25) is 0 Å². The SMILES string of the molecule is Nc1ccccc1-n1ccc(C(=O)OC2CCCOC2)n1. The molecule has 2 N–H and O–H groups in total. The molecule has 1 aromatic carbocycles. The maximum absolute atomic E-state index is 12.1. The topological polar surface area (TPSA) is 79.4 Å². The number of nitrogens with two attached hydrogens (primary N) is 1. The Morgan fingerprint density at radius 1 is 1.38 bits per heavy atom. The van der Waals surface area contributed by atoms with Gasteiger partial charge in [-0.2, -0.15) is 5.10 Å². The van der Waals surface area contributed by atoms with Gasteiger partial charge in [-0.1, -0.05) is 12.1 Å². The van der Waals surface area contributed by atoms with Crippen LogP contribution in [-0.2, 0) is 9.47 Å². The summed E-state index contributed by atoms with van der Waals surface area (Å²) in [5, 5.41) is 4.23. The molecular weight excluding hydrogens is 270 g/mol. The largest absolute Gasteiger partial charge is 0.455 e. The van der Waals surface area contributed by atoms with Crippen molar-refractivity contribution in [2.75, 3.05) is 18.9 Å². The zero-order chi connectivity index (χ0) is 14.7. The molecule has 1 saturated heterocycles. The van der Waals surface area contributed by atoms with Crippen molar-refractivity contribution in [2.45, 2.75) is 18.9 Å². The fourth-order valence-corrected chi connectivity index (χ4v) is 2.28. The molecule has 21 heavy (non-hydrogen) atoms. The molecule has 0 saturated carbocycles. The van der Waals surface area contributed by atoms with Crippen LogP contribution in [0.2, 0.25) is 0 Å². The van der Waals surface area contributed by atoms with E-state index in [1.165, 1.54) is 0 Å². The zero-order valence-corrected chi connectivity index (χ0v) is 11.6. The summed E-state index contributed by atoms with van der Waals surface area (Å²) in [6.07, 6.45) is 3.25. The average molecular weight is 287 g/mol. The molecule has 6 heteroatoms. The fraction of sp³-hybridized carbons (Fsp3) is 0.333. The number of nitrogens with zero attached hydrogens (tertiary/aromatic N) is 2. The van der Waals surface area contributed by atoms with Crippen LogP contribution in [0.4, 0.5) is 5.69 Å². The molecule has 1 aliphatic rings. The number of carbonyl (C=O) groups is 1. The highest BCUT2D eigenvalue weighted by atomic mass is 16.6. The van der Waals surface area contributed by atoms with Crippen LogP contribution in [0, 0.1) is 0 Å². The highest BCUT2D eigenvalue weighted by Crippen LogP contribution is 2.17. The van der Waals surface area contributed by atoms with E-state index in [9.17, 15) is 4.79 Å². The fourth-order valence-electron chi connectivity index (χ4n) is 2.28. The Balaban J connectivity index is 1.72. The van der Waals surface area contributed by atoms with Gasteiger partial charge in [-0.25, -0.2) is 9.48 Å². The monoisotopic (exact) mass is 287 g/mol. The minimum absolute atomic E-state index is 0.182. The van der Waals surface area contributed by atoms with E-state index in [0.717, 1.165) is 25.1 Å². The molecule has 3 rings (SSSR count). The number of para-hydroxylation sites is 2. The van der Waals surface area contributed by atoms with Crippen molar-refractivity contribution in [3.63, 3.8) is 0 Å². The van der Waals surface area contributed by atoms with Crippen molar-refractivity contribution in [1.82, 2.24) is 9.78 Å². The smallest absolute Gasteiger partial charge is 0.359 e. The Morgan fingerprint density at radius 3 is 3.00 bits per heavy atom. The minimum Gasteiger partial charge on any atom is -0.455 e. The normalized spacial score (nSPS) is 18.4. The molecule has 1 aliphatic heterocycles. The van der Waals surface area contributed by atoms with Crippen LogP contribution in [0.1, 0.15) is 23.3 Å². The number of esters is 1. The Bertz CT molecular complexity index is 633. The standard InChI is InChI=1S/C15H17N3O3/c16-12-5-1-2-6-14(12)18-8-7-13(17-18)15(19)21-11-4-3-9-20-10-11/h1-2,5-8,11H,3-4,9-10,16H2. The summed E-state index contributed by atoms with van der Waals surface area (Å²) in [5.41, 5.74) is 7.49. The van der Waals surface area contributed by atoms with E-state index in [-0.39, 0.29) is 11.8 Å². The second kappa shape index (κ2) is 5.97. The van der Waals surface area contributed by atoms with Crippen LogP contribution < -0.4 is 5.73 Å². The predicted octanol–water partition coefficient (Wildman–Crippen LogP) is 1.79. The average Bonchev–Trinajstić information content (AvgIpc) is 2.98. The maximum Gasteiger partial charge on any atom is 0.359 e. The molecule has 0 spiro atoms. The third kappa shape index (κ3) is 3.05. The lowest BCUT2D eigenvalue weighted by molar-refractivity contribution is -0.0309. The molecule has 1 fully saturated rings. The maximum atomic E-state index is 12.1. The van der Waals surface area contributed by atoms with Crippen molar-refractivity contribution in [1.29, 1.82) is 0 Å². The molecule has 1 atom stereocenters. The van der Waals surface area contributed by atoms with Gasteiger partial charge in [-0.3, -0.25) is 0 Å². The molecule has 0 radical (unpaired) electrons. The van der Waals surface area contributed by atoms with Crippen LogP contribution in [0.3, 0.4) is 0 Å². The lowest BCUT2D eigenvalue weighted by Crippen LogP contribution is -2.28. The molecule has 1 aromatic heterocycles. The number of hydrogen-bond donors (Lipinski definition) is 1. The van der Waals surface area contributed by atoms with Crippen LogP contribution in [0.5, 0.6) is 0 Å². The van der Waals surface area contributed by atoms with Gasteiger partial charge in [-0.05, 0) is 31.0 Å². The lowest BCUT2D eigenvalue weighted by atomic mass is 10.2. The van der Waals surface area contributed by atoms with Gasteiger partial charge < -0.3 is 15.2 Å². The number of ether oxygens (including phenoxy) is 2. The van der Waals surface area contributed by atoms with E-state index in [2.05, 4.69) is 5.10 Å². The molecule has 110 valence electrons. The third-order valence-corrected chi connectivity index (χ3v) is 3.37. The number of anilines is 1. The van der Waals surface area contributed by atoms with Crippen molar-refractivity contribution in [3.05, 3.63) is 42.2 Å². The molecule has 1 unspecified atom stereocenters. The summed E-state index contributed by atoms with van der Waals surface area (Å²) < 4.78 is 12.2. The highest BCUT2D eigenvalue weighted by molar-refractivity contribution is 5.87. The number of aromatic nitrogens is 2. The summed E-state index contributed by atoms with van der Waals surface area (Å²) >= 11 is 0. The van der Waals surface area contributed by atoms with Gasteiger partial charge in [0.25, 0.3) is 0 Å². The second-order valence-electron chi connectivity index (χ2n) is 4.95. The van der Waals surface area contributed by atoms with Crippen LogP contribution >= 0.6 is 0 Å². The number of benzene rings is 1. The predicted molar refractivity (Wildman–Crippen MR) is 77.2 cm³/mol. The molecule has 0 bridgehead atoms. The van der Waals surface area contributed by atoms with Crippen molar-refractivity contribution < 1.29 is 14.3 Å². The Hall–Kier alpha value is -2.34. The molecule has 0 amide bonds. The molecule has 0 aliphatic carbocycles. The highest BCUT2D eigenvalue weighted by Gasteiger charge is 2.21. The Kier molecular flexibility index (Phi) is 3.87. The van der Waals surface area contributed by atoms with Crippen LogP contribution in [0.25, 0.3) is 5.69 Å². The first-order valence-electron chi connectivity index (χ1n) is 6.93. The first-order valence-corrected chi connectivity index (χ1v) is 6.93. The lowest BCUT2D eigenvalue weighted by Gasteiger charge is -2.21. The molecule has 6 nitrogen and oxygen atoms in total. The first-order chi connectivity index (χ1) is 10.2. The van der Waals surface area contributed by atoms with Crippen LogP contribution in [0.15, 0.2) is 36.5 Å². The zero-order valence-electron chi connectivity index (χ0n) is 11.6. The van der Waals surface area contributed by atoms with Crippen LogP contribution in [-0.4, -0.2) is 35.1 Å². The Morgan fingerprint density at radius 2 is 2.24 bits per heavy atom. The van der Waals surface area contributed by atoms with Crippen molar-refractivity contribution >= 4 is 11.7 Å². The number of carbonyl (C=O) groups excluding carboxylic acids is 1. The quantitative estimate of drug-likeness (QED) is 0.687. The van der Waals surface area contributed by atoms with Gasteiger partial charge >= 0.3 is 5.97 Å². The number of nitrogen functional groups attached to an aromatic ring is 1. The minimum atomic E-state index is -0.432. The van der Waals surface area contributed by atoms with Gasteiger partial charge in [-0.15, -0.1) is 0 Å². The number of hydrogen-bond acceptors (Lipinski definition) is 5. The van der Waals surface area contributed by atoms with E-state index >= 15 is 0 Å². The Labute approximate surface area is 122 Å². The van der Waals surface area contributed by atoms with E-state index in [1.54, 1.807) is 23.0 Å². The molecule has 2 heterocycles. The summed E-state index contributed by atoms with van der Waals surface area (Å²) in [5.74, 6) is -0.432. The summed E-state index contributed by atoms with van der Waals surface area (Å²) in [4.78, 5) is 12.1. The van der Waals surface area contributed by atoms with E-state index < -0.39 is 5.97 Å². The van der Waals surface area contributed by atoms with Gasteiger partial charge in [0.05, 0.1) is 18.0 Å². The van der Waals surface area contributed by atoms with E-state index in [1.807, 2.05) is 18.2 Å². The molecule has 2 aromatic rings. The number of rotatable bonds is 3. The first kappa shape index (κ1) is 13.6. The van der Waals surface area contributed by atoms with E-state index in [0.29, 0.717) is 12.3 Å².